The van der Waals surface area contributed by atoms with Gasteiger partial charge in [-0.15, -0.1) is 0 Å². The zero-order valence-corrected chi connectivity index (χ0v) is 15.9. The predicted octanol–water partition coefficient (Wildman–Crippen LogP) is 5.49. The minimum Gasteiger partial charge on any atom is -0.439 e. The Morgan fingerprint density at radius 3 is 2.41 bits per heavy atom. The van der Waals surface area contributed by atoms with Gasteiger partial charge in [-0.25, -0.2) is 4.98 Å². The van der Waals surface area contributed by atoms with E-state index >= 15 is 0 Å². The molecule has 0 fully saturated rings. The van der Waals surface area contributed by atoms with Crippen molar-refractivity contribution in [1.29, 1.82) is 0 Å². The number of hydrogen-bond donors (Lipinski definition) is 0. The summed E-state index contributed by atoms with van der Waals surface area (Å²) in [4.78, 5) is 8.67. The number of nitrogens with zero attached hydrogens (tertiary/aromatic N) is 4. The van der Waals surface area contributed by atoms with Crippen LogP contribution in [0.1, 0.15) is 0 Å². The summed E-state index contributed by atoms with van der Waals surface area (Å²) in [5, 5.41) is 5.74. The van der Waals surface area contributed by atoms with Crippen LogP contribution in [0.15, 0.2) is 91.4 Å². The van der Waals surface area contributed by atoms with E-state index in [1.54, 1.807) is 12.4 Å². The average Bonchev–Trinajstić information content (AvgIpc) is 3.16. The molecule has 0 saturated heterocycles. The van der Waals surface area contributed by atoms with Crippen molar-refractivity contribution in [3.8, 4) is 34.0 Å². The van der Waals surface area contributed by atoms with Gasteiger partial charge in [-0.1, -0.05) is 18.2 Å². The van der Waals surface area contributed by atoms with Gasteiger partial charge in [-0.3, -0.25) is 9.67 Å². The van der Waals surface area contributed by atoms with Gasteiger partial charge in [0.05, 0.1) is 5.52 Å². The Morgan fingerprint density at radius 2 is 1.59 bits per heavy atom. The number of rotatable bonds is 4. The molecule has 0 N–H and O–H groups in total. The van der Waals surface area contributed by atoms with Crippen LogP contribution in [0.5, 0.6) is 11.6 Å². The summed E-state index contributed by atoms with van der Waals surface area (Å²) < 4.78 is 7.78. The van der Waals surface area contributed by atoms with Gasteiger partial charge in [-0.2, -0.15) is 5.10 Å². The van der Waals surface area contributed by atoms with Crippen LogP contribution in [0.4, 0.5) is 0 Å². The molecular weight excluding hydrogens is 360 g/mol. The number of aromatic nitrogens is 4. The average molecular weight is 378 g/mol. The van der Waals surface area contributed by atoms with Crippen molar-refractivity contribution < 1.29 is 4.74 Å². The van der Waals surface area contributed by atoms with Crippen molar-refractivity contribution in [2.45, 2.75) is 0 Å². The van der Waals surface area contributed by atoms with Gasteiger partial charge < -0.3 is 4.74 Å². The molecule has 140 valence electrons. The fraction of sp³-hybridized carbons (Fsp3) is 0.0417. The number of pyridine rings is 2. The lowest BCUT2D eigenvalue weighted by Gasteiger charge is -2.07. The second-order valence-electron chi connectivity index (χ2n) is 6.77. The number of aryl methyl sites for hydroxylation is 1. The van der Waals surface area contributed by atoms with E-state index in [-0.39, 0.29) is 0 Å². The van der Waals surface area contributed by atoms with Gasteiger partial charge >= 0.3 is 0 Å². The second-order valence-corrected chi connectivity index (χ2v) is 6.77. The summed E-state index contributed by atoms with van der Waals surface area (Å²) in [6.45, 7) is 0. The van der Waals surface area contributed by atoms with Crippen LogP contribution < -0.4 is 4.74 Å². The lowest BCUT2D eigenvalue weighted by Crippen LogP contribution is -1.90. The van der Waals surface area contributed by atoms with E-state index < -0.39 is 0 Å². The lowest BCUT2D eigenvalue weighted by molar-refractivity contribution is 0.465. The summed E-state index contributed by atoms with van der Waals surface area (Å²) in [5.74, 6) is 1.31. The normalized spacial score (nSPS) is 10.9. The van der Waals surface area contributed by atoms with Crippen LogP contribution in [-0.2, 0) is 7.05 Å². The SMILES string of the molecule is Cn1cc(-c2ccncc2)c(-c2ccc(Oc3ccc4ccccc4n3)cc2)n1. The van der Waals surface area contributed by atoms with Crippen LogP contribution >= 0.6 is 0 Å². The van der Waals surface area contributed by atoms with Gasteiger partial charge in [0.15, 0.2) is 0 Å². The summed E-state index contributed by atoms with van der Waals surface area (Å²) in [6, 6.07) is 23.8. The van der Waals surface area contributed by atoms with Crippen molar-refractivity contribution in [1.82, 2.24) is 19.7 Å². The van der Waals surface area contributed by atoms with E-state index in [1.165, 1.54) is 0 Å². The molecule has 5 aromatic rings. The molecule has 0 aliphatic heterocycles. The minimum atomic E-state index is 0.576. The van der Waals surface area contributed by atoms with Gasteiger partial charge in [0, 0.05) is 48.2 Å². The smallest absolute Gasteiger partial charge is 0.219 e. The van der Waals surface area contributed by atoms with Crippen LogP contribution in [0.25, 0.3) is 33.3 Å². The standard InChI is InChI=1S/C24H18N4O/c1-28-16-21(17-12-14-25-15-13-17)24(27-28)19-6-9-20(10-7-19)29-23-11-8-18-4-2-3-5-22(18)26-23/h2-16H,1H3. The van der Waals surface area contributed by atoms with Gasteiger partial charge in [0.25, 0.3) is 0 Å². The van der Waals surface area contributed by atoms with E-state index in [9.17, 15) is 0 Å². The topological polar surface area (TPSA) is 52.8 Å². The molecule has 2 aromatic carbocycles. The summed E-state index contributed by atoms with van der Waals surface area (Å²) >= 11 is 0. The molecule has 0 bridgehead atoms. The Kier molecular flexibility index (Phi) is 4.26. The Labute approximate surface area is 168 Å². The van der Waals surface area contributed by atoms with Crippen LogP contribution in [0.2, 0.25) is 0 Å². The molecule has 5 rings (SSSR count). The molecule has 3 heterocycles. The Bertz CT molecular complexity index is 1280. The molecule has 0 saturated carbocycles. The van der Waals surface area contributed by atoms with Crippen molar-refractivity contribution >= 4 is 10.9 Å². The van der Waals surface area contributed by atoms with Crippen molar-refractivity contribution in [3.05, 3.63) is 91.4 Å². The fourth-order valence-electron chi connectivity index (χ4n) is 3.35. The highest BCUT2D eigenvalue weighted by molar-refractivity contribution is 5.80. The molecule has 0 radical (unpaired) electrons. The van der Waals surface area contributed by atoms with E-state index in [4.69, 9.17) is 4.74 Å². The third-order valence-corrected chi connectivity index (χ3v) is 4.74. The first-order valence-electron chi connectivity index (χ1n) is 9.34. The molecule has 0 unspecified atom stereocenters. The molecular formula is C24H18N4O. The Balaban J connectivity index is 1.43. The molecule has 0 aliphatic rings. The molecule has 0 aliphatic carbocycles. The molecule has 3 aromatic heterocycles. The van der Waals surface area contributed by atoms with Gasteiger partial charge in [0.1, 0.15) is 11.4 Å². The summed E-state index contributed by atoms with van der Waals surface area (Å²) in [5.41, 5.74) is 5.02. The minimum absolute atomic E-state index is 0.576. The monoisotopic (exact) mass is 378 g/mol. The van der Waals surface area contributed by atoms with E-state index in [1.807, 2.05) is 90.7 Å². The second kappa shape index (κ2) is 7.20. The first-order valence-corrected chi connectivity index (χ1v) is 9.34. The van der Waals surface area contributed by atoms with Gasteiger partial charge in [-0.05, 0) is 54.1 Å². The zero-order chi connectivity index (χ0) is 19.6. The summed E-state index contributed by atoms with van der Waals surface area (Å²) in [6.07, 6.45) is 5.60. The Hall–Kier alpha value is -3.99. The van der Waals surface area contributed by atoms with Crippen molar-refractivity contribution in [2.24, 2.45) is 7.05 Å². The maximum atomic E-state index is 5.95. The lowest BCUT2D eigenvalue weighted by atomic mass is 10.0. The van der Waals surface area contributed by atoms with Crippen molar-refractivity contribution in [2.75, 3.05) is 0 Å². The van der Waals surface area contributed by atoms with Crippen molar-refractivity contribution in [3.63, 3.8) is 0 Å². The van der Waals surface area contributed by atoms with E-state index in [2.05, 4.69) is 15.1 Å². The highest BCUT2D eigenvalue weighted by atomic mass is 16.5. The Morgan fingerprint density at radius 1 is 0.793 bits per heavy atom. The first kappa shape index (κ1) is 17.1. The number of ether oxygens (including phenoxy) is 1. The molecule has 0 spiro atoms. The van der Waals surface area contributed by atoms with E-state index in [0.717, 1.165) is 39.0 Å². The van der Waals surface area contributed by atoms with E-state index in [0.29, 0.717) is 5.88 Å². The van der Waals surface area contributed by atoms with Crippen LogP contribution in [0, 0.1) is 0 Å². The third kappa shape index (κ3) is 3.46. The highest BCUT2D eigenvalue weighted by Gasteiger charge is 2.12. The quantitative estimate of drug-likeness (QED) is 0.415. The molecule has 29 heavy (non-hydrogen) atoms. The molecule has 5 nitrogen and oxygen atoms in total. The highest BCUT2D eigenvalue weighted by Crippen LogP contribution is 2.32. The molecule has 0 atom stereocenters. The number of para-hydroxylation sites is 1. The zero-order valence-electron chi connectivity index (χ0n) is 15.9. The number of fused-ring (bicyclic) bond motifs is 1. The van der Waals surface area contributed by atoms with Crippen LogP contribution in [0.3, 0.4) is 0 Å². The molecule has 0 amide bonds. The van der Waals surface area contributed by atoms with Crippen LogP contribution in [-0.4, -0.2) is 19.7 Å². The maximum absolute atomic E-state index is 5.95. The molecule has 5 heteroatoms. The summed E-state index contributed by atoms with van der Waals surface area (Å²) in [7, 11) is 1.93. The first-order chi connectivity index (χ1) is 14.3. The number of hydrogen-bond acceptors (Lipinski definition) is 4. The fourth-order valence-corrected chi connectivity index (χ4v) is 3.35. The third-order valence-electron chi connectivity index (χ3n) is 4.74. The van der Waals surface area contributed by atoms with Gasteiger partial charge in [0.2, 0.25) is 5.88 Å². The number of benzene rings is 2. The largest absolute Gasteiger partial charge is 0.439 e. The predicted molar refractivity (Wildman–Crippen MR) is 114 cm³/mol. The maximum Gasteiger partial charge on any atom is 0.219 e.